The molecule has 0 aliphatic carbocycles. The zero-order valence-electron chi connectivity index (χ0n) is 7.17. The summed E-state index contributed by atoms with van der Waals surface area (Å²) in [5.74, 6) is -0.0513. The first-order valence-electron chi connectivity index (χ1n) is 3.82. The molecular weight excluding hydrogens is 176 g/mol. The van der Waals surface area contributed by atoms with Crippen LogP contribution in [0.4, 0.5) is 0 Å². The molecule has 0 bridgehead atoms. The number of hydrogen-bond donors (Lipinski definition) is 0. The third kappa shape index (κ3) is 1.67. The van der Waals surface area contributed by atoms with E-state index in [-0.39, 0.29) is 11.7 Å². The lowest BCUT2D eigenvalue weighted by Crippen LogP contribution is -2.10. The van der Waals surface area contributed by atoms with Gasteiger partial charge in [-0.25, -0.2) is 0 Å². The molecule has 0 saturated heterocycles. The summed E-state index contributed by atoms with van der Waals surface area (Å²) >= 11 is 5.43. The lowest BCUT2D eigenvalue weighted by Gasteiger charge is -1.99. The van der Waals surface area contributed by atoms with Crippen LogP contribution in [0, 0.1) is 6.92 Å². The van der Waals surface area contributed by atoms with Crippen LogP contribution in [0.25, 0.3) is 0 Å². The van der Waals surface area contributed by atoms with E-state index in [1.54, 1.807) is 10.7 Å². The molecule has 0 radical (unpaired) electrons. The van der Waals surface area contributed by atoms with Crippen LogP contribution in [0.1, 0.15) is 23.1 Å². The standard InChI is InChI=1S/C8H11ClN2O/c1-3-11-7(8(12)5-9)4-6(2)10-11/h4H,3,5H2,1-2H3. The molecular formula is C8H11ClN2O. The van der Waals surface area contributed by atoms with E-state index in [0.29, 0.717) is 12.2 Å². The van der Waals surface area contributed by atoms with Gasteiger partial charge in [0.05, 0.1) is 11.6 Å². The Morgan fingerprint density at radius 1 is 1.75 bits per heavy atom. The second kappa shape index (κ2) is 3.72. The summed E-state index contributed by atoms with van der Waals surface area (Å²) in [6.45, 7) is 4.50. The number of carbonyl (C=O) groups excluding carboxylic acids is 1. The number of hydrogen-bond acceptors (Lipinski definition) is 2. The fourth-order valence-corrected chi connectivity index (χ4v) is 1.22. The zero-order valence-corrected chi connectivity index (χ0v) is 7.93. The van der Waals surface area contributed by atoms with Gasteiger partial charge in [-0.3, -0.25) is 9.48 Å². The molecule has 0 saturated carbocycles. The van der Waals surface area contributed by atoms with E-state index in [0.717, 1.165) is 5.69 Å². The van der Waals surface area contributed by atoms with E-state index in [9.17, 15) is 4.79 Å². The Balaban J connectivity index is 3.04. The molecule has 1 aromatic heterocycles. The lowest BCUT2D eigenvalue weighted by molar-refractivity contribution is 0.101. The number of aromatic nitrogens is 2. The summed E-state index contributed by atoms with van der Waals surface area (Å²) in [5.41, 5.74) is 1.45. The van der Waals surface area contributed by atoms with Crippen molar-refractivity contribution in [2.24, 2.45) is 0 Å². The van der Waals surface area contributed by atoms with Crippen molar-refractivity contribution in [1.29, 1.82) is 0 Å². The number of ketones is 1. The van der Waals surface area contributed by atoms with E-state index >= 15 is 0 Å². The molecule has 0 N–H and O–H groups in total. The van der Waals surface area contributed by atoms with Crippen molar-refractivity contribution >= 4 is 17.4 Å². The lowest BCUT2D eigenvalue weighted by atomic mass is 10.3. The minimum Gasteiger partial charge on any atom is -0.291 e. The van der Waals surface area contributed by atoms with Crippen LogP contribution in [0.3, 0.4) is 0 Å². The maximum atomic E-state index is 11.2. The molecule has 0 aliphatic rings. The van der Waals surface area contributed by atoms with Crippen molar-refractivity contribution in [1.82, 2.24) is 9.78 Å². The average molecular weight is 187 g/mol. The second-order valence-corrected chi connectivity index (χ2v) is 2.81. The molecule has 3 nitrogen and oxygen atoms in total. The third-order valence-electron chi connectivity index (χ3n) is 1.61. The minimum absolute atomic E-state index is 0.0190. The number of nitrogens with zero attached hydrogens (tertiary/aromatic N) is 2. The first-order chi connectivity index (χ1) is 5.69. The van der Waals surface area contributed by atoms with Crippen molar-refractivity contribution in [2.75, 3.05) is 5.88 Å². The first kappa shape index (κ1) is 9.26. The van der Waals surface area contributed by atoms with Crippen LogP contribution in [0.15, 0.2) is 6.07 Å². The molecule has 12 heavy (non-hydrogen) atoms. The number of aryl methyl sites for hydroxylation is 2. The van der Waals surface area contributed by atoms with E-state index < -0.39 is 0 Å². The quantitative estimate of drug-likeness (QED) is 0.531. The van der Waals surface area contributed by atoms with Crippen LogP contribution in [-0.2, 0) is 6.54 Å². The SMILES string of the molecule is CCn1nc(C)cc1C(=O)CCl. The molecule has 0 spiro atoms. The summed E-state index contributed by atoms with van der Waals surface area (Å²) < 4.78 is 1.67. The summed E-state index contributed by atoms with van der Waals surface area (Å²) in [5, 5.41) is 4.14. The van der Waals surface area contributed by atoms with Gasteiger partial charge >= 0.3 is 0 Å². The molecule has 4 heteroatoms. The molecule has 1 aromatic rings. The highest BCUT2D eigenvalue weighted by atomic mass is 35.5. The van der Waals surface area contributed by atoms with E-state index in [4.69, 9.17) is 11.6 Å². The van der Waals surface area contributed by atoms with Crippen LogP contribution in [-0.4, -0.2) is 21.4 Å². The molecule has 0 amide bonds. The third-order valence-corrected chi connectivity index (χ3v) is 1.85. The second-order valence-electron chi connectivity index (χ2n) is 2.54. The molecule has 1 heterocycles. The maximum Gasteiger partial charge on any atom is 0.195 e. The van der Waals surface area contributed by atoms with Gasteiger partial charge in [-0.2, -0.15) is 5.10 Å². The van der Waals surface area contributed by atoms with Gasteiger partial charge in [0.25, 0.3) is 0 Å². The summed E-state index contributed by atoms with van der Waals surface area (Å²) in [7, 11) is 0. The fourth-order valence-electron chi connectivity index (χ4n) is 1.08. The van der Waals surface area contributed by atoms with Gasteiger partial charge in [0.1, 0.15) is 5.69 Å². The van der Waals surface area contributed by atoms with Gasteiger partial charge in [0.15, 0.2) is 5.78 Å². The van der Waals surface area contributed by atoms with E-state index in [1.807, 2.05) is 13.8 Å². The molecule has 1 rings (SSSR count). The maximum absolute atomic E-state index is 11.2. The Morgan fingerprint density at radius 2 is 2.42 bits per heavy atom. The van der Waals surface area contributed by atoms with Crippen molar-refractivity contribution < 1.29 is 4.79 Å². The highest BCUT2D eigenvalue weighted by Gasteiger charge is 2.10. The zero-order chi connectivity index (χ0) is 9.14. The number of carbonyl (C=O) groups is 1. The normalized spacial score (nSPS) is 10.2. The van der Waals surface area contributed by atoms with Gasteiger partial charge in [-0.1, -0.05) is 0 Å². The van der Waals surface area contributed by atoms with Crippen LogP contribution < -0.4 is 0 Å². The van der Waals surface area contributed by atoms with Gasteiger partial charge in [-0.15, -0.1) is 11.6 Å². The van der Waals surface area contributed by atoms with Crippen molar-refractivity contribution in [3.8, 4) is 0 Å². The highest BCUT2D eigenvalue weighted by molar-refractivity contribution is 6.30. The first-order valence-corrected chi connectivity index (χ1v) is 4.36. The predicted molar refractivity (Wildman–Crippen MR) is 47.7 cm³/mol. The smallest absolute Gasteiger partial charge is 0.195 e. The van der Waals surface area contributed by atoms with E-state index in [1.165, 1.54) is 0 Å². The Labute approximate surface area is 76.3 Å². The van der Waals surface area contributed by atoms with Gasteiger partial charge in [0.2, 0.25) is 0 Å². The van der Waals surface area contributed by atoms with Crippen molar-refractivity contribution in [3.63, 3.8) is 0 Å². The highest BCUT2D eigenvalue weighted by Crippen LogP contribution is 2.05. The monoisotopic (exact) mass is 186 g/mol. The van der Waals surface area contributed by atoms with Crippen LogP contribution in [0.2, 0.25) is 0 Å². The Bertz CT molecular complexity index is 293. The Hall–Kier alpha value is -0.830. The molecule has 0 unspecified atom stereocenters. The number of halogens is 1. The average Bonchev–Trinajstić information content (AvgIpc) is 2.45. The van der Waals surface area contributed by atoms with Gasteiger partial charge in [0, 0.05) is 6.54 Å². The summed E-state index contributed by atoms with van der Waals surface area (Å²) in [4.78, 5) is 11.2. The Kier molecular flexibility index (Phi) is 2.87. The van der Waals surface area contributed by atoms with Gasteiger partial charge in [-0.05, 0) is 19.9 Å². The molecule has 0 atom stereocenters. The van der Waals surface area contributed by atoms with Crippen molar-refractivity contribution in [2.45, 2.75) is 20.4 Å². The summed E-state index contributed by atoms with van der Waals surface area (Å²) in [6.07, 6.45) is 0. The van der Waals surface area contributed by atoms with Gasteiger partial charge < -0.3 is 0 Å². The van der Waals surface area contributed by atoms with Crippen LogP contribution >= 0.6 is 11.6 Å². The fraction of sp³-hybridized carbons (Fsp3) is 0.500. The number of alkyl halides is 1. The largest absolute Gasteiger partial charge is 0.291 e. The minimum atomic E-state index is -0.0703. The summed E-state index contributed by atoms with van der Waals surface area (Å²) in [6, 6.07) is 1.76. The molecule has 0 aliphatic heterocycles. The number of Topliss-reactive ketones (excluding diaryl/α,β-unsaturated/α-hetero) is 1. The topological polar surface area (TPSA) is 34.9 Å². The van der Waals surface area contributed by atoms with E-state index in [2.05, 4.69) is 5.10 Å². The Morgan fingerprint density at radius 3 is 2.92 bits per heavy atom. The molecule has 0 aromatic carbocycles. The van der Waals surface area contributed by atoms with Crippen molar-refractivity contribution in [3.05, 3.63) is 17.5 Å². The predicted octanol–water partition coefficient (Wildman–Crippen LogP) is 1.63. The number of rotatable bonds is 3. The molecule has 0 fully saturated rings. The molecule has 66 valence electrons. The van der Waals surface area contributed by atoms with Crippen LogP contribution in [0.5, 0.6) is 0 Å².